The average Bonchev–Trinajstić information content (AvgIpc) is 2.42. The zero-order valence-corrected chi connectivity index (χ0v) is 15.5. The van der Waals surface area contributed by atoms with Crippen molar-refractivity contribution in [3.8, 4) is 0 Å². The Balaban J connectivity index is -0.000000269. The normalized spacial score (nSPS) is 8.00. The minimum absolute atomic E-state index is 0.811. The summed E-state index contributed by atoms with van der Waals surface area (Å²) < 4.78 is 0. The van der Waals surface area contributed by atoms with Crippen molar-refractivity contribution in [2.75, 3.05) is 5.75 Å². The molecule has 0 saturated carbocycles. The van der Waals surface area contributed by atoms with E-state index < -0.39 is 0 Å². The molecule has 0 aromatic heterocycles. The molecule has 0 aliphatic heterocycles. The second kappa shape index (κ2) is 23.0. The summed E-state index contributed by atoms with van der Waals surface area (Å²) in [5.41, 5.74) is 0. The third kappa shape index (κ3) is 23.4. The summed E-state index contributed by atoms with van der Waals surface area (Å²) >= 11 is 7.61. The summed E-state index contributed by atoms with van der Waals surface area (Å²) in [5, 5.41) is 0.811. The van der Waals surface area contributed by atoms with Crippen molar-refractivity contribution >= 4 is 23.4 Å². The molecule has 0 N–H and O–H groups in total. The molecular formula is C17H33ClS. The van der Waals surface area contributed by atoms with Crippen molar-refractivity contribution in [2.45, 2.75) is 72.6 Å². The first-order valence-electron chi connectivity index (χ1n) is 7.54. The predicted octanol–water partition coefficient (Wildman–Crippen LogP) is 7.70. The lowest BCUT2D eigenvalue weighted by atomic mass is 10.4. The van der Waals surface area contributed by atoms with Gasteiger partial charge in [0.25, 0.3) is 0 Å². The van der Waals surface area contributed by atoms with E-state index in [1.807, 2.05) is 37.7 Å². The first kappa shape index (κ1) is 23.9. The maximum absolute atomic E-state index is 5.74. The summed E-state index contributed by atoms with van der Waals surface area (Å²) in [4.78, 5) is 1.30. The van der Waals surface area contributed by atoms with Crippen LogP contribution in [-0.4, -0.2) is 5.75 Å². The van der Waals surface area contributed by atoms with Gasteiger partial charge in [-0.3, -0.25) is 0 Å². The average molecular weight is 305 g/mol. The van der Waals surface area contributed by atoms with E-state index in [1.54, 1.807) is 0 Å². The van der Waals surface area contributed by atoms with Gasteiger partial charge in [-0.25, -0.2) is 0 Å². The van der Waals surface area contributed by atoms with E-state index in [1.165, 1.54) is 29.9 Å². The summed E-state index contributed by atoms with van der Waals surface area (Å²) in [5.74, 6) is 1.18. The highest BCUT2D eigenvalue weighted by Crippen LogP contribution is 2.20. The topological polar surface area (TPSA) is 0 Å². The first-order chi connectivity index (χ1) is 9.15. The van der Waals surface area contributed by atoms with Crippen LogP contribution in [0, 0.1) is 0 Å². The minimum Gasteiger partial charge on any atom is -0.126 e. The summed E-state index contributed by atoms with van der Waals surface area (Å²) in [6.45, 7) is 14.7. The fourth-order valence-corrected chi connectivity index (χ4v) is 1.65. The zero-order chi connectivity index (χ0) is 15.5. The fourth-order valence-electron chi connectivity index (χ4n) is 0.751. The number of hydrogen-bond acceptors (Lipinski definition) is 1. The van der Waals surface area contributed by atoms with E-state index in [0.717, 1.165) is 5.02 Å². The van der Waals surface area contributed by atoms with Crippen molar-refractivity contribution in [1.82, 2.24) is 0 Å². The van der Waals surface area contributed by atoms with Crippen LogP contribution in [-0.2, 0) is 0 Å². The molecule has 1 aromatic rings. The molecular weight excluding hydrogens is 272 g/mol. The Bertz CT molecular complexity index is 230. The van der Waals surface area contributed by atoms with Crippen LogP contribution in [0.15, 0.2) is 29.2 Å². The Morgan fingerprint density at radius 1 is 0.842 bits per heavy atom. The van der Waals surface area contributed by atoms with Crippen LogP contribution in [0.5, 0.6) is 0 Å². The van der Waals surface area contributed by atoms with Gasteiger partial charge in [0.2, 0.25) is 0 Å². The molecule has 0 spiro atoms. The number of thioether (sulfide) groups is 1. The molecule has 0 amide bonds. The lowest BCUT2D eigenvalue weighted by molar-refractivity contribution is 1.09. The number of halogens is 1. The highest BCUT2D eigenvalue weighted by atomic mass is 35.5. The van der Waals surface area contributed by atoms with E-state index in [4.69, 9.17) is 11.6 Å². The Morgan fingerprint density at radius 2 is 1.21 bits per heavy atom. The summed E-state index contributed by atoms with van der Waals surface area (Å²) in [6.07, 6.45) is 3.72. The molecule has 0 saturated heterocycles. The molecule has 19 heavy (non-hydrogen) atoms. The van der Waals surface area contributed by atoms with E-state index in [2.05, 4.69) is 46.8 Å². The second-order valence-electron chi connectivity index (χ2n) is 3.72. The maximum Gasteiger partial charge on any atom is 0.0406 e. The maximum atomic E-state index is 5.74. The van der Waals surface area contributed by atoms with Crippen molar-refractivity contribution in [3.63, 3.8) is 0 Å². The number of benzene rings is 1. The summed E-state index contributed by atoms with van der Waals surface area (Å²) in [6, 6.07) is 7.98. The molecule has 0 nitrogen and oxygen atoms in total. The molecule has 2 heteroatoms. The highest BCUT2D eigenvalue weighted by Gasteiger charge is 1.91. The van der Waals surface area contributed by atoms with Crippen LogP contribution < -0.4 is 0 Å². The Hall–Kier alpha value is -0.140. The van der Waals surface area contributed by atoms with Gasteiger partial charge in [-0.1, -0.05) is 72.9 Å². The Kier molecular flexibility index (Phi) is 28.9. The molecule has 1 rings (SSSR count). The molecule has 0 unspecified atom stereocenters. The van der Waals surface area contributed by atoms with Crippen LogP contribution in [0.3, 0.4) is 0 Å². The number of hydrogen-bond donors (Lipinski definition) is 0. The minimum atomic E-state index is 0.811. The monoisotopic (exact) mass is 304 g/mol. The lowest BCUT2D eigenvalue weighted by Crippen LogP contribution is -1.74. The molecule has 0 fully saturated rings. The predicted molar refractivity (Wildman–Crippen MR) is 95.7 cm³/mol. The summed E-state index contributed by atoms with van der Waals surface area (Å²) in [7, 11) is 0. The molecule has 0 radical (unpaired) electrons. The Morgan fingerprint density at radius 3 is 1.53 bits per heavy atom. The van der Waals surface area contributed by atoms with Crippen LogP contribution in [0.25, 0.3) is 0 Å². The fraction of sp³-hybridized carbons (Fsp3) is 0.647. The van der Waals surface area contributed by atoms with Crippen LogP contribution in [0.4, 0.5) is 0 Å². The molecule has 0 bridgehead atoms. The van der Waals surface area contributed by atoms with Gasteiger partial charge < -0.3 is 0 Å². The van der Waals surface area contributed by atoms with Gasteiger partial charge >= 0.3 is 0 Å². The van der Waals surface area contributed by atoms with Gasteiger partial charge in [-0.15, -0.1) is 11.8 Å². The van der Waals surface area contributed by atoms with Crippen LogP contribution >= 0.6 is 23.4 Å². The van der Waals surface area contributed by atoms with Gasteiger partial charge in [0.1, 0.15) is 0 Å². The second-order valence-corrected chi connectivity index (χ2v) is 5.32. The first-order valence-corrected chi connectivity index (χ1v) is 8.90. The third-order valence-electron chi connectivity index (χ3n) is 1.29. The third-order valence-corrected chi connectivity index (χ3v) is 2.76. The van der Waals surface area contributed by atoms with Crippen molar-refractivity contribution < 1.29 is 0 Å². The smallest absolute Gasteiger partial charge is 0.0406 e. The lowest BCUT2D eigenvalue weighted by Gasteiger charge is -1.97. The van der Waals surface area contributed by atoms with E-state index in [0.29, 0.717) is 0 Å². The van der Waals surface area contributed by atoms with Gasteiger partial charge in [0, 0.05) is 9.92 Å². The SMILES string of the molecule is CC.CCC.CCC.CCCSc1ccc(Cl)cc1. The van der Waals surface area contributed by atoms with Gasteiger partial charge in [-0.2, -0.15) is 0 Å². The van der Waals surface area contributed by atoms with Gasteiger partial charge in [-0.05, 0) is 36.4 Å². The van der Waals surface area contributed by atoms with E-state index >= 15 is 0 Å². The zero-order valence-electron chi connectivity index (χ0n) is 13.9. The highest BCUT2D eigenvalue weighted by molar-refractivity contribution is 7.99. The molecule has 1 aromatic carbocycles. The van der Waals surface area contributed by atoms with Crippen molar-refractivity contribution in [1.29, 1.82) is 0 Å². The quantitative estimate of drug-likeness (QED) is 0.515. The van der Waals surface area contributed by atoms with Crippen LogP contribution in [0.1, 0.15) is 67.7 Å². The molecule has 0 aliphatic carbocycles. The Labute approximate surface area is 131 Å². The molecule has 0 aliphatic rings. The number of rotatable bonds is 3. The van der Waals surface area contributed by atoms with Gasteiger partial charge in [0.15, 0.2) is 0 Å². The molecule has 114 valence electrons. The van der Waals surface area contributed by atoms with E-state index in [-0.39, 0.29) is 0 Å². The van der Waals surface area contributed by atoms with Crippen molar-refractivity contribution in [2.24, 2.45) is 0 Å². The van der Waals surface area contributed by atoms with Crippen LogP contribution in [0.2, 0.25) is 5.02 Å². The van der Waals surface area contributed by atoms with Gasteiger partial charge in [0.05, 0.1) is 0 Å². The van der Waals surface area contributed by atoms with E-state index in [9.17, 15) is 0 Å². The molecule has 0 heterocycles. The standard InChI is InChI=1S/C9H11ClS.2C3H8.C2H6/c1-2-7-11-9-5-3-8(10)4-6-9;2*1-3-2;1-2/h3-6H,2,7H2,1H3;2*3H2,1-2H3;1-2H3. The molecule has 0 atom stereocenters. The largest absolute Gasteiger partial charge is 0.126 e. The van der Waals surface area contributed by atoms with Crippen molar-refractivity contribution in [3.05, 3.63) is 29.3 Å².